The molecule has 0 bridgehead atoms. The topological polar surface area (TPSA) is 29.5 Å². The van der Waals surface area contributed by atoms with Crippen LogP contribution < -0.4 is 0 Å². The third kappa shape index (κ3) is 3.62. The molecule has 1 aromatic carbocycles. The summed E-state index contributed by atoms with van der Waals surface area (Å²) >= 11 is 0. The molecule has 0 aliphatic carbocycles. The molecule has 2 nitrogen and oxygen atoms in total. The number of benzene rings is 1. The summed E-state index contributed by atoms with van der Waals surface area (Å²) in [5.74, 6) is 0. The highest BCUT2D eigenvalue weighted by Crippen LogP contribution is 2.28. The molecule has 0 amide bonds. The van der Waals surface area contributed by atoms with Crippen LogP contribution in [0, 0.1) is 0 Å². The van der Waals surface area contributed by atoms with Gasteiger partial charge in [-0.15, -0.1) is 0 Å². The fraction of sp³-hybridized carbons (Fsp3) is 0.571. The Morgan fingerprint density at radius 3 is 2.44 bits per heavy atom. The molecule has 0 radical (unpaired) electrons. The highest BCUT2D eigenvalue weighted by Gasteiger charge is 2.29. The second kappa shape index (κ2) is 6.02. The van der Waals surface area contributed by atoms with Crippen LogP contribution >= 0.6 is 0 Å². The summed E-state index contributed by atoms with van der Waals surface area (Å²) in [6, 6.07) is 9.66. The lowest BCUT2D eigenvalue weighted by atomic mass is 9.94. The Balaban J connectivity index is 2.61. The maximum atomic E-state index is 10.2. The fourth-order valence-corrected chi connectivity index (χ4v) is 1.60. The van der Waals surface area contributed by atoms with E-state index in [2.05, 4.69) is 6.92 Å². The van der Waals surface area contributed by atoms with Gasteiger partial charge in [0.2, 0.25) is 0 Å². The third-order valence-corrected chi connectivity index (χ3v) is 2.75. The summed E-state index contributed by atoms with van der Waals surface area (Å²) in [4.78, 5) is 0. The molecule has 0 fully saturated rings. The first kappa shape index (κ1) is 13.2. The monoisotopic (exact) mass is 222 g/mol. The van der Waals surface area contributed by atoms with Crippen LogP contribution in [-0.4, -0.2) is 17.3 Å². The van der Waals surface area contributed by atoms with Crippen molar-refractivity contribution in [3.8, 4) is 0 Å². The van der Waals surface area contributed by atoms with E-state index in [9.17, 15) is 5.11 Å². The van der Waals surface area contributed by atoms with Crippen molar-refractivity contribution in [3.63, 3.8) is 0 Å². The number of aliphatic hydroxyl groups is 1. The third-order valence-electron chi connectivity index (χ3n) is 2.75. The molecular formula is C14H22O2. The molecule has 2 heteroatoms. The molecule has 1 unspecified atom stereocenters. The van der Waals surface area contributed by atoms with E-state index in [0.29, 0.717) is 6.61 Å². The molecule has 0 aromatic heterocycles. The Kier molecular flexibility index (Phi) is 4.97. The van der Waals surface area contributed by atoms with Crippen molar-refractivity contribution >= 4 is 0 Å². The highest BCUT2D eigenvalue weighted by molar-refractivity contribution is 5.19. The van der Waals surface area contributed by atoms with E-state index in [-0.39, 0.29) is 0 Å². The molecule has 1 atom stereocenters. The smallest absolute Gasteiger partial charge is 0.107 e. The molecule has 1 N–H and O–H groups in total. The van der Waals surface area contributed by atoms with Crippen LogP contribution in [0.15, 0.2) is 30.3 Å². The largest absolute Gasteiger partial charge is 0.385 e. The average molecular weight is 222 g/mol. The van der Waals surface area contributed by atoms with Crippen LogP contribution in [0.4, 0.5) is 0 Å². The van der Waals surface area contributed by atoms with Crippen molar-refractivity contribution in [3.05, 3.63) is 35.9 Å². The Labute approximate surface area is 98.3 Å². The molecule has 1 rings (SSSR count). The number of hydrogen-bond acceptors (Lipinski definition) is 2. The summed E-state index contributed by atoms with van der Waals surface area (Å²) in [6.45, 7) is 6.69. The quantitative estimate of drug-likeness (QED) is 0.748. The summed E-state index contributed by atoms with van der Waals surface area (Å²) in [7, 11) is 0. The SMILES string of the molecule is CCCCOC(C)(C)C(O)c1ccccc1. The summed E-state index contributed by atoms with van der Waals surface area (Å²) in [5.41, 5.74) is 0.375. The van der Waals surface area contributed by atoms with E-state index < -0.39 is 11.7 Å². The molecule has 0 saturated heterocycles. The van der Waals surface area contributed by atoms with E-state index in [0.717, 1.165) is 18.4 Å². The van der Waals surface area contributed by atoms with Gasteiger partial charge in [0.05, 0.1) is 5.60 Å². The van der Waals surface area contributed by atoms with E-state index in [1.807, 2.05) is 44.2 Å². The Morgan fingerprint density at radius 1 is 1.25 bits per heavy atom. The van der Waals surface area contributed by atoms with Crippen LogP contribution in [-0.2, 0) is 4.74 Å². The van der Waals surface area contributed by atoms with E-state index in [4.69, 9.17) is 4.74 Å². The summed E-state index contributed by atoms with van der Waals surface area (Å²) < 4.78 is 5.74. The van der Waals surface area contributed by atoms with E-state index in [1.165, 1.54) is 0 Å². The van der Waals surface area contributed by atoms with Crippen LogP contribution in [0.25, 0.3) is 0 Å². The predicted octanol–water partition coefficient (Wildman–Crippen LogP) is 3.32. The molecule has 0 aliphatic heterocycles. The molecule has 16 heavy (non-hydrogen) atoms. The summed E-state index contributed by atoms with van der Waals surface area (Å²) in [5, 5.41) is 10.2. The average Bonchev–Trinajstić information content (AvgIpc) is 2.29. The molecule has 90 valence electrons. The fourth-order valence-electron chi connectivity index (χ4n) is 1.60. The van der Waals surface area contributed by atoms with Gasteiger partial charge in [0.25, 0.3) is 0 Å². The van der Waals surface area contributed by atoms with Gasteiger partial charge in [-0.2, -0.15) is 0 Å². The van der Waals surface area contributed by atoms with Gasteiger partial charge < -0.3 is 9.84 Å². The number of aliphatic hydroxyl groups excluding tert-OH is 1. The first-order valence-corrected chi connectivity index (χ1v) is 5.95. The van der Waals surface area contributed by atoms with Gasteiger partial charge in [0.1, 0.15) is 6.10 Å². The van der Waals surface area contributed by atoms with Gasteiger partial charge >= 0.3 is 0 Å². The van der Waals surface area contributed by atoms with Crippen LogP contribution in [0.1, 0.15) is 45.3 Å². The first-order chi connectivity index (χ1) is 7.58. The maximum absolute atomic E-state index is 10.2. The van der Waals surface area contributed by atoms with Crippen molar-refractivity contribution in [1.29, 1.82) is 0 Å². The van der Waals surface area contributed by atoms with Crippen LogP contribution in [0.2, 0.25) is 0 Å². The van der Waals surface area contributed by atoms with Gasteiger partial charge in [-0.3, -0.25) is 0 Å². The normalized spacial score (nSPS) is 13.8. The van der Waals surface area contributed by atoms with Gasteiger partial charge in [-0.05, 0) is 25.8 Å². The molecule has 0 spiro atoms. The zero-order valence-electron chi connectivity index (χ0n) is 10.4. The Hall–Kier alpha value is -0.860. The van der Waals surface area contributed by atoms with Crippen molar-refractivity contribution in [1.82, 2.24) is 0 Å². The lowest BCUT2D eigenvalue weighted by molar-refractivity contribution is -0.103. The zero-order valence-corrected chi connectivity index (χ0v) is 10.4. The first-order valence-electron chi connectivity index (χ1n) is 5.95. The molecule has 0 aliphatic rings. The van der Waals surface area contributed by atoms with Crippen molar-refractivity contribution in [2.75, 3.05) is 6.61 Å². The minimum Gasteiger partial charge on any atom is -0.385 e. The maximum Gasteiger partial charge on any atom is 0.107 e. The molecule has 1 aromatic rings. The zero-order chi connectivity index (χ0) is 12.0. The Bertz CT molecular complexity index is 293. The van der Waals surface area contributed by atoms with E-state index >= 15 is 0 Å². The number of rotatable bonds is 6. The van der Waals surface area contributed by atoms with Crippen molar-refractivity contribution in [2.24, 2.45) is 0 Å². The molecule has 0 heterocycles. The van der Waals surface area contributed by atoms with Gasteiger partial charge in [0, 0.05) is 6.61 Å². The van der Waals surface area contributed by atoms with Crippen molar-refractivity contribution in [2.45, 2.75) is 45.3 Å². The standard InChI is InChI=1S/C14H22O2/c1-4-5-11-16-14(2,3)13(15)12-9-7-6-8-10-12/h6-10,13,15H,4-5,11H2,1-3H3. The molecular weight excluding hydrogens is 200 g/mol. The number of hydrogen-bond donors (Lipinski definition) is 1. The lowest BCUT2D eigenvalue weighted by Crippen LogP contribution is -2.33. The Morgan fingerprint density at radius 2 is 1.88 bits per heavy atom. The van der Waals surface area contributed by atoms with Gasteiger partial charge in [-0.1, -0.05) is 43.7 Å². The number of unbranched alkanes of at least 4 members (excludes halogenated alkanes) is 1. The summed E-state index contributed by atoms with van der Waals surface area (Å²) in [6.07, 6.45) is 1.56. The second-order valence-corrected chi connectivity index (χ2v) is 4.62. The minimum absolute atomic E-state index is 0.531. The minimum atomic E-state index is -0.578. The van der Waals surface area contributed by atoms with Crippen LogP contribution in [0.5, 0.6) is 0 Å². The lowest BCUT2D eigenvalue weighted by Gasteiger charge is -2.31. The van der Waals surface area contributed by atoms with Gasteiger partial charge in [0.15, 0.2) is 0 Å². The molecule has 0 saturated carbocycles. The predicted molar refractivity (Wildman–Crippen MR) is 66.3 cm³/mol. The highest BCUT2D eigenvalue weighted by atomic mass is 16.5. The van der Waals surface area contributed by atoms with Crippen molar-refractivity contribution < 1.29 is 9.84 Å². The number of ether oxygens (including phenoxy) is 1. The van der Waals surface area contributed by atoms with Gasteiger partial charge in [-0.25, -0.2) is 0 Å². The second-order valence-electron chi connectivity index (χ2n) is 4.62. The van der Waals surface area contributed by atoms with E-state index in [1.54, 1.807) is 0 Å². The van der Waals surface area contributed by atoms with Crippen LogP contribution in [0.3, 0.4) is 0 Å².